The normalized spacial score (nSPS) is 10.9. The summed E-state index contributed by atoms with van der Waals surface area (Å²) in [4.78, 5) is 7.75. The number of aliphatic hydroxyl groups is 1. The monoisotopic (exact) mass is 307 g/mol. The highest BCUT2D eigenvalue weighted by atomic mass is 32.2. The second-order valence-corrected chi connectivity index (χ2v) is 5.72. The second kappa shape index (κ2) is 6.94. The predicted molar refractivity (Wildman–Crippen MR) is 73.5 cm³/mol. The van der Waals surface area contributed by atoms with E-state index in [9.17, 15) is 8.42 Å². The maximum absolute atomic E-state index is 12.1. The Morgan fingerprint density at radius 2 is 2.24 bits per heavy atom. The van der Waals surface area contributed by atoms with E-state index in [2.05, 4.69) is 36.7 Å². The van der Waals surface area contributed by atoms with Crippen LogP contribution < -0.4 is 4.72 Å². The number of rotatable bonds is 5. The second-order valence-electron chi connectivity index (χ2n) is 3.95. The van der Waals surface area contributed by atoms with Crippen molar-refractivity contribution in [3.05, 3.63) is 36.2 Å². The van der Waals surface area contributed by atoms with Gasteiger partial charge in [-0.1, -0.05) is 11.8 Å². The molecule has 0 fully saturated rings. The van der Waals surface area contributed by atoms with Crippen molar-refractivity contribution in [1.29, 1.82) is 0 Å². The van der Waals surface area contributed by atoms with Gasteiger partial charge in [-0.25, -0.2) is 18.1 Å². The summed E-state index contributed by atoms with van der Waals surface area (Å²) < 4.78 is 26.6. The quantitative estimate of drug-likeness (QED) is 0.613. The van der Waals surface area contributed by atoms with Gasteiger partial charge < -0.3 is 5.11 Å². The molecular formula is C12H13N5O3S. The number of pyridine rings is 1. The van der Waals surface area contributed by atoms with E-state index in [-0.39, 0.29) is 18.0 Å². The molecule has 0 atom stereocenters. The summed E-state index contributed by atoms with van der Waals surface area (Å²) in [5, 5.41) is 14.9. The first-order valence-corrected chi connectivity index (χ1v) is 7.49. The minimum atomic E-state index is -3.67. The molecule has 9 heteroatoms. The lowest BCUT2D eigenvalue weighted by atomic mass is 10.3. The third-order valence-electron chi connectivity index (χ3n) is 2.45. The van der Waals surface area contributed by atoms with Gasteiger partial charge >= 0.3 is 0 Å². The van der Waals surface area contributed by atoms with E-state index in [1.165, 1.54) is 24.8 Å². The number of hydrogen-bond donors (Lipinski definition) is 3. The average Bonchev–Trinajstić information content (AvgIpc) is 2.98. The van der Waals surface area contributed by atoms with Gasteiger partial charge in [-0.2, -0.15) is 5.10 Å². The molecule has 110 valence electrons. The Kier molecular flexibility index (Phi) is 4.99. The molecule has 8 nitrogen and oxygen atoms in total. The average molecular weight is 307 g/mol. The number of aromatic nitrogens is 4. The van der Waals surface area contributed by atoms with Gasteiger partial charge in [-0.3, -0.25) is 10.1 Å². The van der Waals surface area contributed by atoms with Crippen molar-refractivity contribution < 1.29 is 13.5 Å². The molecule has 0 radical (unpaired) electrons. The summed E-state index contributed by atoms with van der Waals surface area (Å²) in [6.07, 6.45) is 4.42. The van der Waals surface area contributed by atoms with Crippen LogP contribution in [0.5, 0.6) is 0 Å². The van der Waals surface area contributed by atoms with E-state index in [0.717, 1.165) is 0 Å². The van der Waals surface area contributed by atoms with Crippen LogP contribution in [0.3, 0.4) is 0 Å². The smallest absolute Gasteiger partial charge is 0.242 e. The molecule has 0 unspecified atom stereocenters. The number of aliphatic hydroxyl groups excluding tert-OH is 1. The summed E-state index contributed by atoms with van der Waals surface area (Å²) in [6.45, 7) is -0.115. The number of aromatic amines is 1. The first-order valence-electron chi connectivity index (χ1n) is 6.00. The largest absolute Gasteiger partial charge is 0.384 e. The van der Waals surface area contributed by atoms with E-state index < -0.39 is 10.0 Å². The van der Waals surface area contributed by atoms with Crippen molar-refractivity contribution in [1.82, 2.24) is 24.9 Å². The van der Waals surface area contributed by atoms with Gasteiger partial charge in [0.15, 0.2) is 0 Å². The molecule has 0 spiro atoms. The van der Waals surface area contributed by atoms with Gasteiger partial charge in [0.05, 0.1) is 0 Å². The molecular weight excluding hydrogens is 294 g/mol. The predicted octanol–water partition coefficient (Wildman–Crippen LogP) is -0.935. The molecule has 0 aliphatic carbocycles. The van der Waals surface area contributed by atoms with Crippen LogP contribution in [-0.2, 0) is 16.4 Å². The molecule has 2 heterocycles. The Morgan fingerprint density at radius 3 is 2.95 bits per heavy atom. The van der Waals surface area contributed by atoms with Crippen LogP contribution in [0.25, 0.3) is 0 Å². The Balaban J connectivity index is 2.04. The first-order chi connectivity index (χ1) is 10.1. The third kappa shape index (κ3) is 4.35. The number of nitrogens with zero attached hydrogens (tertiary/aromatic N) is 3. The van der Waals surface area contributed by atoms with Crippen LogP contribution in [0.1, 0.15) is 11.4 Å². The van der Waals surface area contributed by atoms with Crippen LogP contribution in [0, 0.1) is 11.8 Å². The highest BCUT2D eigenvalue weighted by molar-refractivity contribution is 7.89. The molecule has 0 aliphatic rings. The van der Waals surface area contributed by atoms with Crippen molar-refractivity contribution in [2.45, 2.75) is 11.3 Å². The summed E-state index contributed by atoms with van der Waals surface area (Å²) >= 11 is 0. The van der Waals surface area contributed by atoms with E-state index in [1.807, 2.05) is 0 Å². The highest BCUT2D eigenvalue weighted by Crippen LogP contribution is 2.08. The summed E-state index contributed by atoms with van der Waals surface area (Å²) in [6, 6.07) is 1.40. The number of sulfonamides is 1. The molecule has 0 saturated carbocycles. The van der Waals surface area contributed by atoms with Gasteiger partial charge in [0.1, 0.15) is 23.7 Å². The Hall–Kier alpha value is -2.28. The molecule has 2 rings (SSSR count). The lowest BCUT2D eigenvalue weighted by molar-refractivity contribution is 0.350. The van der Waals surface area contributed by atoms with Crippen LogP contribution >= 0.6 is 0 Å². The Bertz CT molecular complexity index is 747. The number of hydrogen-bond acceptors (Lipinski definition) is 6. The molecule has 0 aliphatic heterocycles. The summed E-state index contributed by atoms with van der Waals surface area (Å²) in [5.74, 6) is 5.64. The van der Waals surface area contributed by atoms with Crippen molar-refractivity contribution >= 4 is 10.0 Å². The summed E-state index contributed by atoms with van der Waals surface area (Å²) in [7, 11) is -3.67. The van der Waals surface area contributed by atoms with Crippen LogP contribution in [-0.4, -0.2) is 46.8 Å². The maximum Gasteiger partial charge on any atom is 0.242 e. The van der Waals surface area contributed by atoms with Gasteiger partial charge in [0, 0.05) is 30.9 Å². The minimum Gasteiger partial charge on any atom is -0.384 e. The van der Waals surface area contributed by atoms with E-state index in [1.54, 1.807) is 0 Å². The molecule has 0 amide bonds. The highest BCUT2D eigenvalue weighted by Gasteiger charge is 2.14. The zero-order valence-electron chi connectivity index (χ0n) is 10.9. The molecule has 21 heavy (non-hydrogen) atoms. The van der Waals surface area contributed by atoms with Gasteiger partial charge in [0.2, 0.25) is 10.0 Å². The zero-order valence-corrected chi connectivity index (χ0v) is 11.8. The molecule has 3 N–H and O–H groups in total. The molecule has 2 aromatic rings. The first kappa shape index (κ1) is 15.1. The lowest BCUT2D eigenvalue weighted by Crippen LogP contribution is -2.26. The van der Waals surface area contributed by atoms with Crippen molar-refractivity contribution in [3.63, 3.8) is 0 Å². The van der Waals surface area contributed by atoms with Gasteiger partial charge in [0.25, 0.3) is 0 Å². The van der Waals surface area contributed by atoms with Crippen LogP contribution in [0.2, 0.25) is 0 Å². The zero-order chi connectivity index (χ0) is 15.1. The molecule has 0 bridgehead atoms. The van der Waals surface area contributed by atoms with Crippen LogP contribution in [0.15, 0.2) is 29.7 Å². The molecule has 0 saturated heterocycles. The molecule has 2 aromatic heterocycles. The van der Waals surface area contributed by atoms with Crippen LogP contribution in [0.4, 0.5) is 0 Å². The lowest BCUT2D eigenvalue weighted by Gasteiger charge is -2.05. The van der Waals surface area contributed by atoms with E-state index in [4.69, 9.17) is 5.11 Å². The topological polar surface area (TPSA) is 121 Å². The summed E-state index contributed by atoms with van der Waals surface area (Å²) in [5.41, 5.74) is 0.419. The van der Waals surface area contributed by atoms with E-state index >= 15 is 0 Å². The fourth-order valence-corrected chi connectivity index (χ4v) is 2.53. The third-order valence-corrected chi connectivity index (χ3v) is 3.88. The Morgan fingerprint density at radius 1 is 1.38 bits per heavy atom. The minimum absolute atomic E-state index is 0.0183. The van der Waals surface area contributed by atoms with Crippen molar-refractivity contribution in [2.24, 2.45) is 0 Å². The number of nitrogens with one attached hydrogen (secondary N) is 2. The Labute approximate surface area is 121 Å². The number of H-pyrrole nitrogens is 1. The van der Waals surface area contributed by atoms with Crippen molar-refractivity contribution in [2.75, 3.05) is 13.2 Å². The SMILES string of the molecule is O=S(=O)(NCCc1ncn[nH]1)c1cncc(C#CCO)c1. The van der Waals surface area contributed by atoms with Gasteiger partial charge in [-0.05, 0) is 6.07 Å². The molecule has 0 aromatic carbocycles. The standard InChI is InChI=1S/C12H13N5O3S/c18-5-1-2-10-6-11(8-13-7-10)21(19,20)16-4-3-12-14-9-15-17-12/h6-9,16,18H,3-5H2,(H,14,15,17). The fraction of sp³-hybridized carbons (Fsp3) is 0.250. The van der Waals surface area contributed by atoms with E-state index in [0.29, 0.717) is 17.8 Å². The van der Waals surface area contributed by atoms with Gasteiger partial charge in [-0.15, -0.1) is 0 Å². The maximum atomic E-state index is 12.1. The fourth-order valence-electron chi connectivity index (χ4n) is 1.51. The van der Waals surface area contributed by atoms with Crippen molar-refractivity contribution in [3.8, 4) is 11.8 Å².